The first kappa shape index (κ1) is 17.5. The molecule has 2 aromatic heterocycles. The Morgan fingerprint density at radius 1 is 0.467 bits per heavy atom. The molecule has 4 heteroatoms. The van der Waals surface area contributed by atoms with Crippen molar-refractivity contribution in [2.45, 2.75) is 0 Å². The first-order valence-corrected chi connectivity index (χ1v) is 11.5. The van der Waals surface area contributed by atoms with Gasteiger partial charge in [0, 0.05) is 21.9 Å². The average molecular weight is 421 g/mol. The van der Waals surface area contributed by atoms with Gasteiger partial charge in [-0.15, -0.1) is 22.7 Å². The van der Waals surface area contributed by atoms with Crippen molar-refractivity contribution in [2.24, 2.45) is 0 Å². The summed E-state index contributed by atoms with van der Waals surface area (Å²) in [6.45, 7) is 0. The maximum atomic E-state index is 4.94. The fraction of sp³-hybridized carbons (Fsp3) is 0. The normalized spacial score (nSPS) is 11.3. The van der Waals surface area contributed by atoms with Crippen LogP contribution in [0.5, 0.6) is 0 Å². The van der Waals surface area contributed by atoms with Crippen LogP contribution in [0.2, 0.25) is 0 Å². The van der Waals surface area contributed by atoms with E-state index in [-0.39, 0.29) is 0 Å². The molecule has 2 nitrogen and oxygen atoms in total. The fourth-order valence-electron chi connectivity index (χ4n) is 3.89. The Balaban J connectivity index is 1.41. The number of hydrogen-bond donors (Lipinski definition) is 0. The van der Waals surface area contributed by atoms with E-state index in [9.17, 15) is 0 Å². The maximum Gasteiger partial charge on any atom is 0.152 e. The van der Waals surface area contributed by atoms with Gasteiger partial charge >= 0.3 is 0 Å². The summed E-state index contributed by atoms with van der Waals surface area (Å²) < 4.78 is 0. The van der Waals surface area contributed by atoms with Crippen molar-refractivity contribution in [3.8, 4) is 32.5 Å². The molecule has 6 rings (SSSR count). The molecule has 0 saturated carbocycles. The highest BCUT2D eigenvalue weighted by atomic mass is 32.1. The van der Waals surface area contributed by atoms with Crippen molar-refractivity contribution >= 4 is 44.2 Å². The van der Waals surface area contributed by atoms with Crippen LogP contribution in [0.1, 0.15) is 0 Å². The molecule has 0 atom stereocenters. The molecule has 0 radical (unpaired) electrons. The highest BCUT2D eigenvalue weighted by Crippen LogP contribution is 2.36. The van der Waals surface area contributed by atoms with Gasteiger partial charge < -0.3 is 0 Å². The van der Waals surface area contributed by atoms with Crippen molar-refractivity contribution in [1.82, 2.24) is 9.97 Å². The number of nitrogens with zero attached hydrogens (tertiary/aromatic N) is 2. The number of benzene rings is 4. The predicted molar refractivity (Wildman–Crippen MR) is 129 cm³/mol. The maximum absolute atomic E-state index is 4.94. The molecular weight excluding hydrogens is 404 g/mol. The third kappa shape index (κ3) is 2.93. The van der Waals surface area contributed by atoms with Gasteiger partial charge in [0.25, 0.3) is 0 Å². The van der Waals surface area contributed by atoms with Crippen LogP contribution >= 0.6 is 22.7 Å². The standard InChI is InChI=1S/C26H16N2S2/c1-3-11-19-17(7-1)9-5-13-21(19)23-15-29-25(27-23)26-28-24(16-30-26)22-14-6-10-18-8-2-4-12-20(18)22/h1-16H. The average Bonchev–Trinajstić information content (AvgIpc) is 3.48. The Kier molecular flexibility index (Phi) is 4.18. The van der Waals surface area contributed by atoms with E-state index >= 15 is 0 Å². The van der Waals surface area contributed by atoms with E-state index in [0.717, 1.165) is 21.4 Å². The predicted octanol–water partition coefficient (Wildman–Crippen LogP) is 7.91. The van der Waals surface area contributed by atoms with E-state index in [0.29, 0.717) is 0 Å². The second-order valence-electron chi connectivity index (χ2n) is 7.13. The SMILES string of the molecule is c1ccc2c(-c3csc(-c4nc(-c5cccc6ccccc56)cs4)n3)cccc2c1. The number of aromatic nitrogens is 2. The van der Waals surface area contributed by atoms with E-state index in [1.165, 1.54) is 32.7 Å². The van der Waals surface area contributed by atoms with Crippen molar-refractivity contribution in [3.63, 3.8) is 0 Å². The van der Waals surface area contributed by atoms with E-state index < -0.39 is 0 Å². The molecular formula is C26H16N2S2. The third-order valence-electron chi connectivity index (χ3n) is 5.32. The van der Waals surface area contributed by atoms with Crippen LogP contribution in [-0.4, -0.2) is 9.97 Å². The van der Waals surface area contributed by atoms with Gasteiger partial charge in [0.15, 0.2) is 10.0 Å². The Morgan fingerprint density at radius 3 is 1.40 bits per heavy atom. The van der Waals surface area contributed by atoms with E-state index in [1.54, 1.807) is 22.7 Å². The number of hydrogen-bond acceptors (Lipinski definition) is 4. The van der Waals surface area contributed by atoms with Gasteiger partial charge in [0.1, 0.15) is 0 Å². The summed E-state index contributed by atoms with van der Waals surface area (Å²) in [5.74, 6) is 0. The van der Waals surface area contributed by atoms with Gasteiger partial charge in [-0.2, -0.15) is 0 Å². The van der Waals surface area contributed by atoms with Gasteiger partial charge in [-0.25, -0.2) is 9.97 Å². The third-order valence-corrected chi connectivity index (χ3v) is 7.15. The van der Waals surface area contributed by atoms with Crippen molar-refractivity contribution in [1.29, 1.82) is 0 Å². The quantitative estimate of drug-likeness (QED) is 0.291. The molecule has 0 aliphatic heterocycles. The smallest absolute Gasteiger partial charge is 0.152 e. The lowest BCUT2D eigenvalue weighted by Crippen LogP contribution is -1.83. The number of fused-ring (bicyclic) bond motifs is 2. The van der Waals surface area contributed by atoms with Gasteiger partial charge in [-0.3, -0.25) is 0 Å². The molecule has 0 amide bonds. The molecule has 0 aliphatic rings. The minimum absolute atomic E-state index is 0.967. The van der Waals surface area contributed by atoms with Gasteiger partial charge in [-0.1, -0.05) is 84.9 Å². The lowest BCUT2D eigenvalue weighted by Gasteiger charge is -2.03. The van der Waals surface area contributed by atoms with Gasteiger partial charge in [0.05, 0.1) is 11.4 Å². The molecule has 0 aliphatic carbocycles. The zero-order valence-electron chi connectivity index (χ0n) is 15.9. The largest absolute Gasteiger partial charge is 0.233 e. The first-order valence-electron chi connectivity index (χ1n) is 9.74. The zero-order valence-corrected chi connectivity index (χ0v) is 17.6. The highest BCUT2D eigenvalue weighted by Gasteiger charge is 2.14. The Labute approximate surface area is 182 Å². The van der Waals surface area contributed by atoms with Crippen molar-refractivity contribution in [2.75, 3.05) is 0 Å². The van der Waals surface area contributed by atoms with Crippen LogP contribution in [0.25, 0.3) is 54.1 Å². The van der Waals surface area contributed by atoms with Crippen LogP contribution in [0.4, 0.5) is 0 Å². The van der Waals surface area contributed by atoms with Crippen LogP contribution in [0, 0.1) is 0 Å². The first-order chi connectivity index (χ1) is 14.9. The van der Waals surface area contributed by atoms with Gasteiger partial charge in [0.2, 0.25) is 0 Å². The monoisotopic (exact) mass is 420 g/mol. The molecule has 0 spiro atoms. The summed E-state index contributed by atoms with van der Waals surface area (Å²) in [4.78, 5) is 9.87. The molecule has 0 saturated heterocycles. The minimum Gasteiger partial charge on any atom is -0.233 e. The van der Waals surface area contributed by atoms with Crippen LogP contribution in [0.3, 0.4) is 0 Å². The van der Waals surface area contributed by atoms with Crippen LogP contribution in [0.15, 0.2) is 95.7 Å². The second kappa shape index (κ2) is 7.17. The lowest BCUT2D eigenvalue weighted by atomic mass is 10.0. The fourth-order valence-corrected chi connectivity index (χ4v) is 5.58. The zero-order chi connectivity index (χ0) is 19.9. The number of rotatable bonds is 3. The molecule has 30 heavy (non-hydrogen) atoms. The van der Waals surface area contributed by atoms with E-state index in [2.05, 4.69) is 95.7 Å². The summed E-state index contributed by atoms with van der Waals surface area (Å²) in [6, 6.07) is 29.7. The van der Waals surface area contributed by atoms with E-state index in [1.807, 2.05) is 0 Å². The molecule has 6 aromatic rings. The molecule has 4 aromatic carbocycles. The molecule has 142 valence electrons. The molecule has 2 heterocycles. The summed E-state index contributed by atoms with van der Waals surface area (Å²) in [5.41, 5.74) is 4.35. The van der Waals surface area contributed by atoms with Crippen molar-refractivity contribution in [3.05, 3.63) is 95.7 Å². The molecule has 0 unspecified atom stereocenters. The molecule has 0 fully saturated rings. The van der Waals surface area contributed by atoms with Gasteiger partial charge in [-0.05, 0) is 21.5 Å². The summed E-state index contributed by atoms with van der Waals surface area (Å²) in [5, 5.41) is 11.1. The van der Waals surface area contributed by atoms with Crippen LogP contribution < -0.4 is 0 Å². The summed E-state index contributed by atoms with van der Waals surface area (Å²) >= 11 is 3.31. The van der Waals surface area contributed by atoms with Crippen molar-refractivity contribution < 1.29 is 0 Å². The molecule has 0 bridgehead atoms. The Bertz CT molecular complexity index is 1380. The minimum atomic E-state index is 0.967. The topological polar surface area (TPSA) is 25.8 Å². The Hall–Kier alpha value is -3.34. The van der Waals surface area contributed by atoms with E-state index in [4.69, 9.17) is 9.97 Å². The summed E-state index contributed by atoms with van der Waals surface area (Å²) in [7, 11) is 0. The Morgan fingerprint density at radius 2 is 0.900 bits per heavy atom. The highest BCUT2D eigenvalue weighted by molar-refractivity contribution is 7.20. The lowest BCUT2D eigenvalue weighted by molar-refractivity contribution is 1.36. The number of thiazole rings is 2. The van der Waals surface area contributed by atoms with Crippen LogP contribution in [-0.2, 0) is 0 Å². The second-order valence-corrected chi connectivity index (χ2v) is 8.85. The molecule has 0 N–H and O–H groups in total. The summed E-state index contributed by atoms with van der Waals surface area (Å²) in [6.07, 6.45) is 0.